The lowest BCUT2D eigenvalue weighted by molar-refractivity contribution is -0.343. The van der Waals surface area contributed by atoms with Gasteiger partial charge in [-0.05, 0) is 61.2 Å². The molecule has 3 aliphatic carbocycles. The highest BCUT2D eigenvalue weighted by atomic mass is 16.6. The van der Waals surface area contributed by atoms with Crippen molar-refractivity contribution in [1.82, 2.24) is 5.32 Å². The first-order valence-electron chi connectivity index (χ1n) is 23.0. The van der Waals surface area contributed by atoms with Gasteiger partial charge in [0.15, 0.2) is 11.9 Å². The van der Waals surface area contributed by atoms with E-state index >= 15 is 9.59 Å². The second-order valence-electron chi connectivity index (χ2n) is 19.1. The maximum Gasteiger partial charge on any atom is 0.350 e. The number of aliphatic hydroxyl groups is 3. The third-order valence-corrected chi connectivity index (χ3v) is 14.6. The molecule has 1 aliphatic heterocycles. The lowest BCUT2D eigenvalue weighted by Crippen LogP contribution is -2.81. The third-order valence-electron chi connectivity index (χ3n) is 14.6. The van der Waals surface area contributed by atoms with Crippen molar-refractivity contribution in [2.75, 3.05) is 6.61 Å². The van der Waals surface area contributed by atoms with E-state index in [9.17, 15) is 34.5 Å². The number of rotatable bonds is 15. The van der Waals surface area contributed by atoms with Crippen LogP contribution in [0.15, 0.2) is 102 Å². The van der Waals surface area contributed by atoms with E-state index in [1.54, 1.807) is 99.6 Å². The number of fused-ring (bicyclic) bond motifs is 5. The fraction of sp³-hybridized carbons (Fsp3) is 0.500. The van der Waals surface area contributed by atoms with Gasteiger partial charge in [0, 0.05) is 43.1 Å². The molecule has 2 bridgehead atoms. The zero-order chi connectivity index (χ0) is 48.5. The Balaban J connectivity index is 1.38. The molecule has 1 unspecified atom stereocenters. The van der Waals surface area contributed by atoms with Gasteiger partial charge in [-0.15, -0.1) is 0 Å². The summed E-state index contributed by atoms with van der Waals surface area (Å²) in [4.78, 5) is 85.4. The van der Waals surface area contributed by atoms with Gasteiger partial charge in [-0.25, -0.2) is 9.59 Å². The van der Waals surface area contributed by atoms with Gasteiger partial charge in [0.05, 0.1) is 29.8 Å². The lowest BCUT2D eigenvalue weighted by Gasteiger charge is -2.66. The Hall–Kier alpha value is -5.74. The highest BCUT2D eigenvalue weighted by molar-refractivity contribution is 5.96. The molecule has 1 amide bonds. The maximum absolute atomic E-state index is 15.5. The predicted octanol–water partition coefficient (Wildman–Crippen LogP) is 5.69. The van der Waals surface area contributed by atoms with Crippen LogP contribution in [0.25, 0.3) is 0 Å². The van der Waals surface area contributed by atoms with Crippen LogP contribution in [0.5, 0.6) is 0 Å². The molecule has 0 radical (unpaired) electrons. The topological polar surface area (TPSA) is 221 Å². The summed E-state index contributed by atoms with van der Waals surface area (Å²) < 4.78 is 30.4. The number of Topliss-reactive ketones (excluding diaryl/α,β-unsaturated/α-hetero) is 1. The van der Waals surface area contributed by atoms with Crippen LogP contribution >= 0.6 is 0 Å². The third kappa shape index (κ3) is 9.06. The fourth-order valence-corrected chi connectivity index (χ4v) is 10.8. The van der Waals surface area contributed by atoms with Gasteiger partial charge in [-0.1, -0.05) is 107 Å². The van der Waals surface area contributed by atoms with Crippen LogP contribution in [0.4, 0.5) is 0 Å². The van der Waals surface area contributed by atoms with E-state index in [2.05, 4.69) is 5.32 Å². The summed E-state index contributed by atoms with van der Waals surface area (Å²) in [6.45, 7) is 8.87. The summed E-state index contributed by atoms with van der Waals surface area (Å²) in [5.41, 5.74) is -7.13. The van der Waals surface area contributed by atoms with E-state index in [0.29, 0.717) is 12.0 Å². The molecule has 11 atom stereocenters. The molecule has 4 aliphatic rings. The molecule has 67 heavy (non-hydrogen) atoms. The van der Waals surface area contributed by atoms with E-state index in [1.807, 2.05) is 6.92 Å². The summed E-state index contributed by atoms with van der Waals surface area (Å²) in [6, 6.07) is 23.3. The molecule has 7 rings (SSSR count). The number of aliphatic hydroxyl groups excluding tert-OH is 1. The number of carbonyl (C=O) groups excluding carboxylic acids is 6. The summed E-state index contributed by atoms with van der Waals surface area (Å²) in [6.07, 6.45) is -7.35. The minimum Gasteiger partial charge on any atom is -0.455 e. The zero-order valence-electron chi connectivity index (χ0n) is 38.8. The van der Waals surface area contributed by atoms with Gasteiger partial charge in [0.2, 0.25) is 6.10 Å². The first kappa shape index (κ1) is 49.2. The predicted molar refractivity (Wildman–Crippen MR) is 241 cm³/mol. The number of carbonyl (C=O) groups is 6. The first-order valence-corrected chi connectivity index (χ1v) is 23.0. The van der Waals surface area contributed by atoms with Gasteiger partial charge < -0.3 is 44.3 Å². The average Bonchev–Trinajstić information content (AvgIpc) is 3.30. The molecule has 1 heterocycles. The van der Waals surface area contributed by atoms with Crippen LogP contribution in [0.2, 0.25) is 0 Å². The van der Waals surface area contributed by atoms with Gasteiger partial charge in [0.25, 0.3) is 5.91 Å². The Kier molecular flexibility index (Phi) is 14.3. The Morgan fingerprint density at radius 2 is 1.45 bits per heavy atom. The Labute approximate surface area is 390 Å². The lowest BCUT2D eigenvalue weighted by atomic mass is 9.44. The maximum atomic E-state index is 15.5. The van der Waals surface area contributed by atoms with Crippen LogP contribution in [0, 0.1) is 16.7 Å². The highest BCUT2D eigenvalue weighted by Gasteiger charge is 2.77. The van der Waals surface area contributed by atoms with Crippen molar-refractivity contribution < 1.29 is 67.8 Å². The van der Waals surface area contributed by atoms with Gasteiger partial charge in [-0.2, -0.15) is 0 Å². The number of esters is 4. The first-order chi connectivity index (χ1) is 31.8. The normalized spacial score (nSPS) is 30.4. The van der Waals surface area contributed by atoms with E-state index in [1.165, 1.54) is 19.1 Å². The van der Waals surface area contributed by atoms with Crippen molar-refractivity contribution in [2.24, 2.45) is 16.7 Å². The molecule has 4 N–H and O–H groups in total. The Morgan fingerprint density at radius 1 is 0.836 bits per heavy atom. The molecule has 3 fully saturated rings. The summed E-state index contributed by atoms with van der Waals surface area (Å²) >= 11 is 0. The zero-order valence-corrected chi connectivity index (χ0v) is 38.8. The molecule has 2 saturated carbocycles. The summed E-state index contributed by atoms with van der Waals surface area (Å²) in [5.74, 6) is -6.69. The summed E-state index contributed by atoms with van der Waals surface area (Å²) in [7, 11) is 0. The Bertz CT molecular complexity index is 2370. The number of unbranched alkanes of at least 4 members (excludes halogenated alkanes) is 3. The molecule has 358 valence electrons. The van der Waals surface area contributed by atoms with E-state index in [-0.39, 0.29) is 41.7 Å². The van der Waals surface area contributed by atoms with Crippen LogP contribution in [0.3, 0.4) is 0 Å². The van der Waals surface area contributed by atoms with Crippen molar-refractivity contribution in [3.63, 3.8) is 0 Å². The number of nitrogens with one attached hydrogen (secondary N) is 1. The molecule has 3 aromatic carbocycles. The standard InChI is InChI=1S/C52H61NO14/c1-7-8-9-19-26-38(56)66-42(40(32-20-13-10-14-21-32)53-46(58)33-22-15-11-16-23-33)48(60)65-35-28-52(62)45(67-47(59)34-24-17-12-18-25-34)43-50(6,36(55)27-37-51(43,61)29-63-37)44(57)41(64-31(3)54)39(30(35)2)49(52,4)5/h10-18,20-25,35-37,40-43,45,55,61-62H,7-9,19,26-29H2,1-6H3,(H,53,58)/t35-,36-,37+,40-,41+,42+,43?,45-,50+,51-,52+/m0/s1. The molecule has 0 aromatic heterocycles. The fourth-order valence-electron chi connectivity index (χ4n) is 10.8. The Morgan fingerprint density at radius 3 is 2.03 bits per heavy atom. The van der Waals surface area contributed by atoms with E-state index in [4.69, 9.17) is 23.7 Å². The minimum absolute atomic E-state index is 0.00677. The van der Waals surface area contributed by atoms with Crippen molar-refractivity contribution in [2.45, 2.75) is 140 Å². The molecule has 1 saturated heterocycles. The van der Waals surface area contributed by atoms with Crippen LogP contribution in [-0.4, -0.2) is 105 Å². The number of hydrogen-bond acceptors (Lipinski definition) is 14. The number of hydrogen-bond donors (Lipinski definition) is 4. The van der Waals surface area contributed by atoms with Gasteiger partial charge in [0.1, 0.15) is 29.5 Å². The summed E-state index contributed by atoms with van der Waals surface area (Å²) in [5, 5.41) is 41.2. The van der Waals surface area contributed by atoms with Crippen LogP contribution in [0.1, 0.15) is 119 Å². The molecular weight excluding hydrogens is 863 g/mol. The molecule has 15 heteroatoms. The molecular formula is C52H61NO14. The van der Waals surface area contributed by atoms with Crippen molar-refractivity contribution in [1.29, 1.82) is 0 Å². The SMILES string of the molecule is CCCCCCC(=O)O[C@@H](C(=O)O[C@H]1C[C@@]2(O)[C@@H](OC(=O)c3ccccc3)C3[C@]4(O)CO[C@@H]4C[C@H](O)[C@@]3(C)C(=O)[C@H](OC(C)=O)C(=C1C)C2(C)C)[C@@H](NC(=O)c1ccccc1)c1ccccc1. The van der Waals surface area contributed by atoms with Crippen molar-refractivity contribution >= 4 is 35.6 Å². The largest absolute Gasteiger partial charge is 0.455 e. The van der Waals surface area contributed by atoms with Gasteiger partial charge >= 0.3 is 23.9 Å². The quantitative estimate of drug-likeness (QED) is 0.0623. The number of amides is 1. The van der Waals surface area contributed by atoms with Crippen LogP contribution in [-0.2, 0) is 42.9 Å². The average molecular weight is 924 g/mol. The number of ketones is 1. The number of ether oxygens (including phenoxy) is 5. The highest BCUT2D eigenvalue weighted by Crippen LogP contribution is 2.63. The second-order valence-corrected chi connectivity index (χ2v) is 19.1. The smallest absolute Gasteiger partial charge is 0.350 e. The molecule has 3 aromatic rings. The van der Waals surface area contributed by atoms with Crippen molar-refractivity contribution in [3.8, 4) is 0 Å². The van der Waals surface area contributed by atoms with E-state index in [0.717, 1.165) is 26.2 Å². The minimum atomic E-state index is -2.39. The monoisotopic (exact) mass is 923 g/mol. The second kappa shape index (κ2) is 19.5. The molecule has 0 spiro atoms. The van der Waals surface area contributed by atoms with Crippen molar-refractivity contribution in [3.05, 3.63) is 119 Å². The molecule has 15 nitrogen and oxygen atoms in total. The van der Waals surface area contributed by atoms with Crippen LogP contribution < -0.4 is 5.32 Å². The van der Waals surface area contributed by atoms with E-state index < -0.39 is 113 Å². The van der Waals surface area contributed by atoms with Gasteiger partial charge in [-0.3, -0.25) is 19.2 Å². The number of benzene rings is 3.